The van der Waals surface area contributed by atoms with E-state index in [0.29, 0.717) is 13.1 Å². The molecular weight excluding hydrogens is 360 g/mol. The zero-order valence-corrected chi connectivity index (χ0v) is 18.0. The summed E-state index contributed by atoms with van der Waals surface area (Å²) in [4.78, 5) is 30.1. The quantitative estimate of drug-likeness (QED) is 0.691. The first-order valence-corrected chi connectivity index (χ1v) is 10.7. The van der Waals surface area contributed by atoms with Crippen molar-refractivity contribution >= 4 is 17.5 Å². The monoisotopic (exact) mass is 392 g/mol. The summed E-state index contributed by atoms with van der Waals surface area (Å²) in [6, 6.07) is 16.4. The highest BCUT2D eigenvalue weighted by molar-refractivity contribution is 6.01. The zero-order chi connectivity index (χ0) is 21.0. The van der Waals surface area contributed by atoms with Gasteiger partial charge in [0.25, 0.3) is 0 Å². The Bertz CT molecular complexity index is 838. The Morgan fingerprint density at radius 2 is 1.66 bits per heavy atom. The minimum Gasteiger partial charge on any atom is -0.336 e. The largest absolute Gasteiger partial charge is 0.336 e. The van der Waals surface area contributed by atoms with Crippen LogP contribution in [0.1, 0.15) is 50.8 Å². The van der Waals surface area contributed by atoms with Crippen molar-refractivity contribution in [1.82, 2.24) is 4.90 Å². The van der Waals surface area contributed by atoms with Crippen LogP contribution in [-0.4, -0.2) is 29.3 Å². The first kappa shape index (κ1) is 21.1. The number of aryl methyl sites for hydroxylation is 2. The van der Waals surface area contributed by atoms with Gasteiger partial charge in [0, 0.05) is 31.2 Å². The molecule has 0 radical (unpaired) electrons. The third kappa shape index (κ3) is 4.52. The minimum atomic E-state index is -0.289. The van der Waals surface area contributed by atoms with Crippen LogP contribution in [0.4, 0.5) is 5.69 Å². The molecule has 1 aliphatic heterocycles. The van der Waals surface area contributed by atoms with E-state index in [1.165, 1.54) is 11.1 Å². The normalized spacial score (nSPS) is 16.5. The summed E-state index contributed by atoms with van der Waals surface area (Å²) in [6.07, 6.45) is 2.04. The van der Waals surface area contributed by atoms with Crippen molar-refractivity contribution in [3.05, 3.63) is 65.2 Å². The van der Waals surface area contributed by atoms with Gasteiger partial charge in [-0.3, -0.25) is 9.59 Å². The Balaban J connectivity index is 1.83. The van der Waals surface area contributed by atoms with Gasteiger partial charge in [-0.25, -0.2) is 0 Å². The molecular formula is C25H32N2O2. The zero-order valence-electron chi connectivity index (χ0n) is 18.0. The molecule has 1 heterocycles. The third-order valence-electron chi connectivity index (χ3n) is 5.81. The Labute approximate surface area is 174 Å². The van der Waals surface area contributed by atoms with E-state index in [2.05, 4.69) is 32.0 Å². The molecule has 0 saturated carbocycles. The van der Waals surface area contributed by atoms with E-state index in [-0.39, 0.29) is 30.2 Å². The van der Waals surface area contributed by atoms with Crippen LogP contribution in [0, 0.1) is 5.92 Å². The van der Waals surface area contributed by atoms with Gasteiger partial charge in [-0.2, -0.15) is 0 Å². The van der Waals surface area contributed by atoms with Gasteiger partial charge in [-0.1, -0.05) is 62.4 Å². The Morgan fingerprint density at radius 1 is 1.03 bits per heavy atom. The van der Waals surface area contributed by atoms with Gasteiger partial charge in [0.15, 0.2) is 0 Å². The van der Waals surface area contributed by atoms with Gasteiger partial charge in [0.05, 0.1) is 5.92 Å². The number of anilines is 1. The summed E-state index contributed by atoms with van der Waals surface area (Å²) < 4.78 is 0. The van der Waals surface area contributed by atoms with Gasteiger partial charge >= 0.3 is 0 Å². The number of nitrogens with zero attached hydrogens (tertiary/aromatic N) is 2. The van der Waals surface area contributed by atoms with E-state index in [0.717, 1.165) is 24.1 Å². The summed E-state index contributed by atoms with van der Waals surface area (Å²) in [5.41, 5.74) is 4.49. The highest BCUT2D eigenvalue weighted by Gasteiger charge is 2.39. The predicted molar refractivity (Wildman–Crippen MR) is 118 cm³/mol. The number of benzene rings is 2. The summed E-state index contributed by atoms with van der Waals surface area (Å²) in [6.45, 7) is 9.35. The molecule has 4 nitrogen and oxygen atoms in total. The maximum Gasteiger partial charge on any atom is 0.228 e. The van der Waals surface area contributed by atoms with Crippen molar-refractivity contribution in [1.29, 1.82) is 0 Å². The number of para-hydroxylation sites is 1. The fourth-order valence-electron chi connectivity index (χ4n) is 4.18. The summed E-state index contributed by atoms with van der Waals surface area (Å²) in [5.74, 6) is -0.155. The van der Waals surface area contributed by atoms with Gasteiger partial charge in [-0.15, -0.1) is 0 Å². The molecule has 0 aliphatic carbocycles. The van der Waals surface area contributed by atoms with Gasteiger partial charge in [-0.05, 0) is 43.4 Å². The highest BCUT2D eigenvalue weighted by Crippen LogP contribution is 2.33. The van der Waals surface area contributed by atoms with Gasteiger partial charge in [0.1, 0.15) is 0 Å². The number of amides is 2. The number of hydrogen-bond donors (Lipinski definition) is 0. The van der Waals surface area contributed by atoms with Crippen LogP contribution in [0.15, 0.2) is 48.5 Å². The molecule has 2 aromatic rings. The molecule has 3 rings (SSSR count). The van der Waals surface area contributed by atoms with Crippen molar-refractivity contribution < 1.29 is 9.59 Å². The molecule has 1 fully saturated rings. The fourth-order valence-corrected chi connectivity index (χ4v) is 4.18. The molecule has 0 N–H and O–H groups in total. The summed E-state index contributed by atoms with van der Waals surface area (Å²) >= 11 is 0. The second-order valence-corrected chi connectivity index (χ2v) is 8.08. The lowest BCUT2D eigenvalue weighted by Crippen LogP contribution is -2.41. The predicted octanol–water partition coefficient (Wildman–Crippen LogP) is 4.60. The van der Waals surface area contributed by atoms with Crippen LogP contribution >= 0.6 is 0 Å². The Hall–Kier alpha value is -2.62. The lowest BCUT2D eigenvalue weighted by atomic mass is 10.0. The molecule has 0 aromatic heterocycles. The molecule has 0 spiro atoms. The van der Waals surface area contributed by atoms with Crippen LogP contribution < -0.4 is 4.90 Å². The summed E-state index contributed by atoms with van der Waals surface area (Å²) in [7, 11) is 0. The van der Waals surface area contributed by atoms with Crippen molar-refractivity contribution in [2.75, 3.05) is 11.4 Å². The number of rotatable bonds is 7. The molecule has 29 heavy (non-hydrogen) atoms. The Kier molecular flexibility index (Phi) is 6.73. The lowest BCUT2D eigenvalue weighted by molar-refractivity contribution is -0.138. The first-order valence-electron chi connectivity index (χ1n) is 10.7. The third-order valence-corrected chi connectivity index (χ3v) is 5.81. The van der Waals surface area contributed by atoms with E-state index < -0.39 is 0 Å². The van der Waals surface area contributed by atoms with E-state index in [1.807, 2.05) is 54.0 Å². The molecule has 1 saturated heterocycles. The van der Waals surface area contributed by atoms with Gasteiger partial charge in [0.2, 0.25) is 11.8 Å². The molecule has 1 atom stereocenters. The number of carbonyl (C=O) groups is 2. The molecule has 154 valence electrons. The molecule has 0 bridgehead atoms. The van der Waals surface area contributed by atoms with E-state index in [4.69, 9.17) is 0 Å². The van der Waals surface area contributed by atoms with Crippen molar-refractivity contribution in [2.24, 2.45) is 5.92 Å². The molecule has 1 aliphatic rings. The molecule has 1 unspecified atom stereocenters. The van der Waals surface area contributed by atoms with Crippen LogP contribution in [0.5, 0.6) is 0 Å². The average molecular weight is 393 g/mol. The minimum absolute atomic E-state index is 0.0577. The molecule has 4 heteroatoms. The van der Waals surface area contributed by atoms with Crippen LogP contribution in [0.3, 0.4) is 0 Å². The standard InChI is InChI=1S/C25H32N2O2/c1-5-20-13-10-14-21(6-2)24(20)27-17-22(15-23(27)28)25(29)26(18(3)4)16-19-11-8-7-9-12-19/h7-14,18,22H,5-6,15-17H2,1-4H3. The second kappa shape index (κ2) is 9.25. The van der Waals surface area contributed by atoms with Crippen molar-refractivity contribution in [2.45, 2.75) is 59.5 Å². The molecule has 2 amide bonds. The van der Waals surface area contributed by atoms with Gasteiger partial charge < -0.3 is 9.80 Å². The highest BCUT2D eigenvalue weighted by atomic mass is 16.2. The van der Waals surface area contributed by atoms with E-state index >= 15 is 0 Å². The van der Waals surface area contributed by atoms with Crippen LogP contribution in [0.2, 0.25) is 0 Å². The number of carbonyl (C=O) groups excluding carboxylic acids is 2. The lowest BCUT2D eigenvalue weighted by Gasteiger charge is -2.30. The number of hydrogen-bond acceptors (Lipinski definition) is 2. The first-order chi connectivity index (χ1) is 14.0. The van der Waals surface area contributed by atoms with Crippen molar-refractivity contribution in [3.8, 4) is 0 Å². The maximum absolute atomic E-state index is 13.4. The average Bonchev–Trinajstić information content (AvgIpc) is 3.12. The fraction of sp³-hybridized carbons (Fsp3) is 0.440. The maximum atomic E-state index is 13.4. The van der Waals surface area contributed by atoms with Crippen LogP contribution in [0.25, 0.3) is 0 Å². The van der Waals surface area contributed by atoms with Crippen LogP contribution in [-0.2, 0) is 29.0 Å². The van der Waals surface area contributed by atoms with Crippen molar-refractivity contribution in [3.63, 3.8) is 0 Å². The smallest absolute Gasteiger partial charge is 0.228 e. The van der Waals surface area contributed by atoms with E-state index in [1.54, 1.807) is 0 Å². The summed E-state index contributed by atoms with van der Waals surface area (Å²) in [5, 5.41) is 0. The SMILES string of the molecule is CCc1cccc(CC)c1N1CC(C(=O)N(Cc2ccccc2)C(C)C)CC1=O. The topological polar surface area (TPSA) is 40.6 Å². The second-order valence-electron chi connectivity index (χ2n) is 8.08. The molecule has 2 aromatic carbocycles. The van der Waals surface area contributed by atoms with E-state index in [9.17, 15) is 9.59 Å². The Morgan fingerprint density at radius 3 is 2.21 bits per heavy atom.